The third-order valence-corrected chi connectivity index (χ3v) is 5.91. The summed E-state index contributed by atoms with van der Waals surface area (Å²) in [4.78, 5) is 11.0. The third-order valence-electron chi connectivity index (χ3n) is 5.91. The van der Waals surface area contributed by atoms with E-state index in [2.05, 4.69) is 20.2 Å². The van der Waals surface area contributed by atoms with E-state index >= 15 is 0 Å². The highest BCUT2D eigenvalue weighted by atomic mass is 19.1. The molecule has 9 nitrogen and oxygen atoms in total. The van der Waals surface area contributed by atoms with Gasteiger partial charge in [0.25, 0.3) is 0 Å². The Kier molecular flexibility index (Phi) is 5.61. The van der Waals surface area contributed by atoms with E-state index in [1.807, 2.05) is 24.8 Å². The molecule has 1 aliphatic heterocycles. The van der Waals surface area contributed by atoms with Gasteiger partial charge in [-0.2, -0.15) is 19.9 Å². The summed E-state index contributed by atoms with van der Waals surface area (Å²) in [5.74, 6) is 0.906. The number of fused-ring (bicyclic) bond motifs is 1. The van der Waals surface area contributed by atoms with Crippen LogP contribution in [0.5, 0.6) is 5.88 Å². The van der Waals surface area contributed by atoms with Crippen LogP contribution in [0.4, 0.5) is 10.4 Å². The quantitative estimate of drug-likeness (QED) is 0.434. The molecule has 0 N–H and O–H groups in total. The summed E-state index contributed by atoms with van der Waals surface area (Å²) < 4.78 is 28.2. The maximum atomic E-state index is 14.8. The van der Waals surface area contributed by atoms with Gasteiger partial charge in [-0.25, -0.2) is 9.37 Å². The molecule has 0 aliphatic carbocycles. The maximum Gasteiger partial charge on any atom is 0.324 e. The standard InChI is InChI=1S/C24H24FN7O2/c1-14(2)22-28-24(34-30-22)31-10-4-5-17(13-31)33-20-8-9-27-23-21(15(3)29-32(20)23)18-7-6-16(12-26)11-19(18)25/h6-9,11,14,17H,4-5,10,13H2,1-3H3. The highest BCUT2D eigenvalue weighted by Crippen LogP contribution is 2.32. The van der Waals surface area contributed by atoms with Crippen LogP contribution in [0.15, 0.2) is 35.0 Å². The molecule has 4 heterocycles. The first-order chi connectivity index (χ1) is 16.4. The van der Waals surface area contributed by atoms with Gasteiger partial charge in [-0.15, -0.1) is 0 Å². The topological polar surface area (TPSA) is 105 Å². The van der Waals surface area contributed by atoms with Crippen molar-refractivity contribution in [1.29, 1.82) is 5.26 Å². The molecule has 34 heavy (non-hydrogen) atoms. The Morgan fingerprint density at radius 2 is 2.15 bits per heavy atom. The second-order valence-corrected chi connectivity index (χ2v) is 8.70. The lowest BCUT2D eigenvalue weighted by Gasteiger charge is -2.31. The van der Waals surface area contributed by atoms with Crippen LogP contribution in [-0.2, 0) is 0 Å². The number of hydrogen-bond donors (Lipinski definition) is 0. The molecule has 0 radical (unpaired) electrons. The van der Waals surface area contributed by atoms with E-state index < -0.39 is 5.82 Å². The van der Waals surface area contributed by atoms with E-state index in [-0.39, 0.29) is 17.6 Å². The maximum absolute atomic E-state index is 14.8. The van der Waals surface area contributed by atoms with Gasteiger partial charge in [0, 0.05) is 30.3 Å². The Balaban J connectivity index is 1.42. The van der Waals surface area contributed by atoms with Crippen LogP contribution < -0.4 is 9.64 Å². The fourth-order valence-corrected chi connectivity index (χ4v) is 4.19. The van der Waals surface area contributed by atoms with Gasteiger partial charge in [0.1, 0.15) is 11.9 Å². The zero-order valence-electron chi connectivity index (χ0n) is 19.2. The lowest BCUT2D eigenvalue weighted by molar-refractivity contribution is 0.164. The monoisotopic (exact) mass is 461 g/mol. The van der Waals surface area contributed by atoms with Gasteiger partial charge >= 0.3 is 6.01 Å². The minimum absolute atomic E-state index is 0.117. The largest absolute Gasteiger partial charge is 0.472 e. The van der Waals surface area contributed by atoms with E-state index in [9.17, 15) is 4.39 Å². The Bertz CT molecular complexity index is 1390. The predicted molar refractivity (Wildman–Crippen MR) is 122 cm³/mol. The molecule has 1 saturated heterocycles. The van der Waals surface area contributed by atoms with Crippen LogP contribution >= 0.6 is 0 Å². The summed E-state index contributed by atoms with van der Waals surface area (Å²) in [5, 5.41) is 17.7. The van der Waals surface area contributed by atoms with Crippen LogP contribution in [-0.4, -0.2) is 43.9 Å². The van der Waals surface area contributed by atoms with E-state index in [1.54, 1.807) is 35.8 Å². The SMILES string of the molecule is Cc1nn2c(OC3CCCN(c4nc(C(C)C)no4)C3)ccnc2c1-c1ccc(C#N)cc1F. The molecule has 0 spiro atoms. The molecule has 0 saturated carbocycles. The Morgan fingerprint density at radius 1 is 1.29 bits per heavy atom. The molecule has 1 aliphatic rings. The Labute approximate surface area is 195 Å². The van der Waals surface area contributed by atoms with Crippen molar-refractivity contribution in [2.45, 2.75) is 45.6 Å². The Morgan fingerprint density at radius 3 is 2.88 bits per heavy atom. The van der Waals surface area contributed by atoms with Crippen molar-refractivity contribution in [1.82, 2.24) is 24.7 Å². The van der Waals surface area contributed by atoms with Crippen molar-refractivity contribution in [3.05, 3.63) is 53.4 Å². The molecule has 174 valence electrons. The van der Waals surface area contributed by atoms with Crippen LogP contribution in [0.2, 0.25) is 0 Å². The second kappa shape index (κ2) is 8.74. The molecule has 1 atom stereocenters. The molecule has 5 rings (SSSR count). The number of ether oxygens (including phenoxy) is 1. The molecular formula is C24H24FN7O2. The van der Waals surface area contributed by atoms with E-state index in [0.717, 1.165) is 19.4 Å². The van der Waals surface area contributed by atoms with Crippen molar-refractivity contribution < 1.29 is 13.7 Å². The van der Waals surface area contributed by atoms with Gasteiger partial charge in [0.05, 0.1) is 29.4 Å². The van der Waals surface area contributed by atoms with Crippen molar-refractivity contribution in [2.24, 2.45) is 0 Å². The summed E-state index contributed by atoms with van der Waals surface area (Å²) in [6.45, 7) is 7.26. The third kappa shape index (κ3) is 3.94. The number of hydrogen-bond acceptors (Lipinski definition) is 8. The average molecular weight is 462 g/mol. The van der Waals surface area contributed by atoms with Crippen LogP contribution in [0.3, 0.4) is 0 Å². The van der Waals surface area contributed by atoms with Gasteiger partial charge in [0.15, 0.2) is 11.5 Å². The van der Waals surface area contributed by atoms with Gasteiger partial charge in [-0.1, -0.05) is 19.0 Å². The van der Waals surface area contributed by atoms with Gasteiger partial charge in [0.2, 0.25) is 5.88 Å². The summed E-state index contributed by atoms with van der Waals surface area (Å²) >= 11 is 0. The molecule has 3 aromatic heterocycles. The summed E-state index contributed by atoms with van der Waals surface area (Å²) in [6.07, 6.45) is 3.29. The number of aromatic nitrogens is 5. The lowest BCUT2D eigenvalue weighted by atomic mass is 10.0. The second-order valence-electron chi connectivity index (χ2n) is 8.70. The fraction of sp³-hybridized carbons (Fsp3) is 0.375. The number of aryl methyl sites for hydroxylation is 1. The van der Waals surface area contributed by atoms with Crippen LogP contribution in [0.25, 0.3) is 16.8 Å². The first-order valence-electron chi connectivity index (χ1n) is 11.2. The number of halogens is 1. The minimum Gasteiger partial charge on any atom is -0.472 e. The summed E-state index contributed by atoms with van der Waals surface area (Å²) in [7, 11) is 0. The minimum atomic E-state index is -0.492. The highest BCUT2D eigenvalue weighted by molar-refractivity contribution is 5.80. The first-order valence-corrected chi connectivity index (χ1v) is 11.2. The smallest absolute Gasteiger partial charge is 0.324 e. The van der Waals surface area contributed by atoms with Gasteiger partial charge in [-0.05, 0) is 38.0 Å². The van der Waals surface area contributed by atoms with E-state index in [4.69, 9.17) is 14.5 Å². The number of rotatable bonds is 5. The molecule has 0 bridgehead atoms. The molecule has 1 fully saturated rings. The highest BCUT2D eigenvalue weighted by Gasteiger charge is 2.27. The van der Waals surface area contributed by atoms with Gasteiger partial charge in [-0.3, -0.25) is 0 Å². The van der Waals surface area contributed by atoms with Crippen molar-refractivity contribution in [2.75, 3.05) is 18.0 Å². The molecule has 0 amide bonds. The molecule has 1 aromatic carbocycles. The van der Waals surface area contributed by atoms with Crippen LogP contribution in [0, 0.1) is 24.1 Å². The Hall–Kier alpha value is -4.00. The summed E-state index contributed by atoms with van der Waals surface area (Å²) in [5.41, 5.74) is 2.28. The molecule has 10 heteroatoms. The molecule has 4 aromatic rings. The summed E-state index contributed by atoms with van der Waals surface area (Å²) in [6, 6.07) is 8.60. The number of anilines is 1. The number of benzene rings is 1. The van der Waals surface area contributed by atoms with Crippen molar-refractivity contribution in [3.8, 4) is 23.1 Å². The van der Waals surface area contributed by atoms with Gasteiger partial charge < -0.3 is 14.2 Å². The van der Waals surface area contributed by atoms with E-state index in [1.165, 1.54) is 6.07 Å². The zero-order valence-corrected chi connectivity index (χ0v) is 19.2. The normalized spacial score (nSPS) is 16.2. The number of nitrogens with zero attached hydrogens (tertiary/aromatic N) is 7. The van der Waals surface area contributed by atoms with Crippen molar-refractivity contribution >= 4 is 11.7 Å². The molecular weight excluding hydrogens is 437 g/mol. The predicted octanol–water partition coefficient (Wildman–Crippen LogP) is 4.27. The number of nitriles is 1. The first kappa shape index (κ1) is 21.8. The lowest BCUT2D eigenvalue weighted by Crippen LogP contribution is -2.41. The van der Waals surface area contributed by atoms with Crippen LogP contribution in [0.1, 0.15) is 49.7 Å². The number of piperidine rings is 1. The van der Waals surface area contributed by atoms with Crippen molar-refractivity contribution in [3.63, 3.8) is 0 Å². The fourth-order valence-electron chi connectivity index (χ4n) is 4.19. The zero-order chi connectivity index (χ0) is 23.8. The van der Waals surface area contributed by atoms with E-state index in [0.29, 0.717) is 46.7 Å². The molecule has 1 unspecified atom stereocenters. The average Bonchev–Trinajstić information content (AvgIpc) is 3.45.